The van der Waals surface area contributed by atoms with Crippen LogP contribution in [-0.4, -0.2) is 28.2 Å². The molecule has 1 amide bonds. The number of carbonyl (C=O) groups excluding carboxylic acids is 1. The van der Waals surface area contributed by atoms with Crippen LogP contribution in [0.15, 0.2) is 0 Å². The van der Waals surface area contributed by atoms with E-state index in [0.717, 1.165) is 11.5 Å². The molecule has 7 heteroatoms. The molecule has 0 unspecified atom stereocenters. The minimum atomic E-state index is -2.54. The van der Waals surface area contributed by atoms with Crippen molar-refractivity contribution in [3.63, 3.8) is 0 Å². The van der Waals surface area contributed by atoms with Crippen molar-refractivity contribution in [1.82, 2.24) is 14.7 Å². The minimum absolute atomic E-state index is 0.109. The number of hydrogen-bond acceptors (Lipinski definition) is 4. The van der Waals surface area contributed by atoms with E-state index in [4.69, 9.17) is 0 Å². The highest BCUT2D eigenvalue weighted by molar-refractivity contribution is 7.07. The number of aromatic nitrogens is 2. The molecule has 0 bridgehead atoms. The van der Waals surface area contributed by atoms with Gasteiger partial charge in [-0.3, -0.25) is 4.79 Å². The summed E-state index contributed by atoms with van der Waals surface area (Å²) in [5.41, 5.74) is 0. The van der Waals surface area contributed by atoms with E-state index >= 15 is 0 Å². The molecule has 0 saturated carbocycles. The molecule has 0 saturated heterocycles. The van der Waals surface area contributed by atoms with Gasteiger partial charge in [0.15, 0.2) is 0 Å². The van der Waals surface area contributed by atoms with Crippen molar-refractivity contribution in [3.05, 3.63) is 10.8 Å². The molecule has 13 heavy (non-hydrogen) atoms. The Hall–Kier alpha value is -1.11. The first-order valence-corrected chi connectivity index (χ1v) is 4.23. The number of rotatable bonds is 3. The Kier molecular flexibility index (Phi) is 3.24. The Bertz CT molecular complexity index is 302. The maximum atomic E-state index is 11.7. The fourth-order valence-electron chi connectivity index (χ4n) is 0.635. The summed E-state index contributed by atoms with van der Waals surface area (Å²) in [5.74, 6) is -0.141. The zero-order valence-electron chi connectivity index (χ0n) is 6.75. The smallest absolute Gasteiger partial charge is 0.282 e. The Morgan fingerprint density at radius 2 is 2.38 bits per heavy atom. The molecular weight excluding hydrogens is 200 g/mol. The third-order valence-electron chi connectivity index (χ3n) is 1.14. The monoisotopic (exact) mass is 207 g/mol. The molecule has 0 aliphatic rings. The van der Waals surface area contributed by atoms with E-state index in [0.29, 0.717) is 5.82 Å². The van der Waals surface area contributed by atoms with Crippen LogP contribution in [0.3, 0.4) is 0 Å². The van der Waals surface area contributed by atoms with Gasteiger partial charge in [0, 0.05) is 0 Å². The number of hydrogen-bond donors (Lipinski definition) is 1. The summed E-state index contributed by atoms with van der Waals surface area (Å²) in [7, 11) is 0. The number of alkyl halides is 2. The lowest BCUT2D eigenvalue weighted by Crippen LogP contribution is -2.28. The predicted octanol–water partition coefficient (Wildman–Crippen LogP) is 0.841. The average molecular weight is 207 g/mol. The molecule has 1 aromatic heterocycles. The Morgan fingerprint density at radius 3 is 2.85 bits per heavy atom. The van der Waals surface area contributed by atoms with Crippen LogP contribution in [0.2, 0.25) is 0 Å². The topological polar surface area (TPSA) is 54.9 Å². The fraction of sp³-hybridized carbons (Fsp3) is 0.500. The van der Waals surface area contributed by atoms with Crippen molar-refractivity contribution in [2.45, 2.75) is 13.3 Å². The normalized spacial score (nSPS) is 10.5. The van der Waals surface area contributed by atoms with E-state index in [-0.39, 0.29) is 5.01 Å². The molecule has 1 aromatic rings. The molecular formula is C6H7F2N3OS. The van der Waals surface area contributed by atoms with Crippen molar-refractivity contribution in [1.29, 1.82) is 0 Å². The molecule has 0 fully saturated rings. The minimum Gasteiger partial charge on any atom is -0.344 e. The van der Waals surface area contributed by atoms with E-state index in [1.54, 1.807) is 6.92 Å². The SMILES string of the molecule is Cc1nsc(C(=O)NCC(F)F)n1. The van der Waals surface area contributed by atoms with Crippen LogP contribution in [-0.2, 0) is 0 Å². The quantitative estimate of drug-likeness (QED) is 0.799. The Balaban J connectivity index is 2.49. The van der Waals surface area contributed by atoms with Gasteiger partial charge in [-0.25, -0.2) is 13.8 Å². The molecule has 4 nitrogen and oxygen atoms in total. The lowest BCUT2D eigenvalue weighted by atomic mass is 10.5. The number of carbonyl (C=O) groups is 1. The first-order chi connectivity index (χ1) is 6.09. The molecule has 72 valence electrons. The highest BCUT2D eigenvalue weighted by Gasteiger charge is 2.12. The van der Waals surface area contributed by atoms with Crippen LogP contribution in [0.5, 0.6) is 0 Å². The van der Waals surface area contributed by atoms with Crippen molar-refractivity contribution >= 4 is 17.4 Å². The van der Waals surface area contributed by atoms with Gasteiger partial charge in [-0.15, -0.1) is 0 Å². The van der Waals surface area contributed by atoms with Gasteiger partial charge < -0.3 is 5.32 Å². The summed E-state index contributed by atoms with van der Waals surface area (Å²) in [6.07, 6.45) is -2.54. The first kappa shape index (κ1) is 9.97. The van der Waals surface area contributed by atoms with Gasteiger partial charge in [-0.2, -0.15) is 4.37 Å². The summed E-state index contributed by atoms with van der Waals surface area (Å²) in [6, 6.07) is 0. The van der Waals surface area contributed by atoms with Crippen LogP contribution in [0, 0.1) is 6.92 Å². The second kappa shape index (κ2) is 4.22. The second-order valence-electron chi connectivity index (χ2n) is 2.25. The Labute approximate surface area is 77.2 Å². The molecule has 0 aromatic carbocycles. The second-order valence-corrected chi connectivity index (χ2v) is 3.00. The van der Waals surface area contributed by atoms with Crippen molar-refractivity contribution in [3.8, 4) is 0 Å². The van der Waals surface area contributed by atoms with E-state index in [1.165, 1.54) is 0 Å². The fourth-order valence-corrected chi connectivity index (χ4v) is 1.22. The lowest BCUT2D eigenvalue weighted by molar-refractivity contribution is 0.0891. The standard InChI is InChI=1S/C6H7F2N3OS/c1-3-10-6(13-11-3)5(12)9-2-4(7)8/h4H,2H2,1H3,(H,9,12). The molecule has 0 spiro atoms. The molecule has 0 atom stereocenters. The number of nitrogens with one attached hydrogen (secondary N) is 1. The zero-order chi connectivity index (χ0) is 9.84. The predicted molar refractivity (Wildman–Crippen MR) is 43.0 cm³/mol. The van der Waals surface area contributed by atoms with Gasteiger partial charge >= 0.3 is 0 Å². The third kappa shape index (κ3) is 3.02. The van der Waals surface area contributed by atoms with Crippen LogP contribution in [0.25, 0.3) is 0 Å². The van der Waals surface area contributed by atoms with Crippen LogP contribution in [0.1, 0.15) is 15.6 Å². The number of halogens is 2. The summed E-state index contributed by atoms with van der Waals surface area (Å²) >= 11 is 0.891. The van der Waals surface area contributed by atoms with Crippen molar-refractivity contribution in [2.24, 2.45) is 0 Å². The summed E-state index contributed by atoms with van der Waals surface area (Å²) < 4.78 is 27.1. The number of amides is 1. The van der Waals surface area contributed by atoms with E-state index < -0.39 is 18.9 Å². The van der Waals surface area contributed by atoms with Gasteiger partial charge in [0.05, 0.1) is 6.54 Å². The number of aryl methyl sites for hydroxylation is 1. The highest BCUT2D eigenvalue weighted by atomic mass is 32.1. The van der Waals surface area contributed by atoms with Gasteiger partial charge in [0.2, 0.25) is 5.01 Å². The van der Waals surface area contributed by atoms with Crippen LogP contribution < -0.4 is 5.32 Å². The largest absolute Gasteiger partial charge is 0.344 e. The maximum absolute atomic E-state index is 11.7. The van der Waals surface area contributed by atoms with Gasteiger partial charge in [0.25, 0.3) is 12.3 Å². The van der Waals surface area contributed by atoms with Gasteiger partial charge in [-0.1, -0.05) is 0 Å². The zero-order valence-corrected chi connectivity index (χ0v) is 7.57. The summed E-state index contributed by atoms with van der Waals surface area (Å²) in [4.78, 5) is 14.8. The van der Waals surface area contributed by atoms with Crippen molar-refractivity contribution in [2.75, 3.05) is 6.54 Å². The Morgan fingerprint density at radius 1 is 1.69 bits per heavy atom. The van der Waals surface area contributed by atoms with Crippen LogP contribution in [0.4, 0.5) is 8.78 Å². The average Bonchev–Trinajstić information content (AvgIpc) is 2.47. The third-order valence-corrected chi connectivity index (χ3v) is 1.94. The molecule has 0 aliphatic carbocycles. The molecule has 0 radical (unpaired) electrons. The van der Waals surface area contributed by atoms with E-state index in [2.05, 4.69) is 9.36 Å². The molecule has 1 rings (SSSR count). The maximum Gasteiger partial charge on any atom is 0.282 e. The highest BCUT2D eigenvalue weighted by Crippen LogP contribution is 2.03. The number of nitrogens with zero attached hydrogens (tertiary/aromatic N) is 2. The van der Waals surface area contributed by atoms with E-state index in [1.807, 2.05) is 5.32 Å². The van der Waals surface area contributed by atoms with E-state index in [9.17, 15) is 13.6 Å². The summed E-state index contributed by atoms with van der Waals surface area (Å²) in [5, 5.41) is 2.14. The van der Waals surface area contributed by atoms with Gasteiger partial charge in [0.1, 0.15) is 5.82 Å². The molecule has 0 aliphatic heterocycles. The molecule has 1 heterocycles. The molecule has 1 N–H and O–H groups in total. The summed E-state index contributed by atoms with van der Waals surface area (Å²) in [6.45, 7) is 0.970. The van der Waals surface area contributed by atoms with Crippen LogP contribution >= 0.6 is 11.5 Å². The van der Waals surface area contributed by atoms with Gasteiger partial charge in [-0.05, 0) is 18.5 Å². The first-order valence-electron chi connectivity index (χ1n) is 3.46. The lowest BCUT2D eigenvalue weighted by Gasteiger charge is -1.99. The van der Waals surface area contributed by atoms with Crippen molar-refractivity contribution < 1.29 is 13.6 Å².